The van der Waals surface area contributed by atoms with Crippen molar-refractivity contribution < 1.29 is 23.5 Å². The molecule has 1 aliphatic heterocycles. The molecular weight excluding hydrogens is 350 g/mol. The Morgan fingerprint density at radius 2 is 2.22 bits per heavy atom. The number of nitrogens with one attached hydrogen (secondary N) is 1. The maximum Gasteiger partial charge on any atom is 0.312 e. The van der Waals surface area contributed by atoms with E-state index in [4.69, 9.17) is 9.15 Å². The van der Waals surface area contributed by atoms with E-state index in [1.54, 1.807) is 35.4 Å². The van der Waals surface area contributed by atoms with Crippen molar-refractivity contribution in [3.05, 3.63) is 54.2 Å². The first-order valence-corrected chi connectivity index (χ1v) is 8.71. The molecule has 27 heavy (non-hydrogen) atoms. The van der Waals surface area contributed by atoms with Gasteiger partial charge in [0.05, 0.1) is 31.0 Å². The molecule has 0 saturated carbocycles. The van der Waals surface area contributed by atoms with Crippen LogP contribution in [0.3, 0.4) is 0 Å². The number of nitrogens with zero attached hydrogens (tertiary/aromatic N) is 2. The lowest BCUT2D eigenvalue weighted by atomic mass is 10.1. The van der Waals surface area contributed by atoms with Gasteiger partial charge in [0.25, 0.3) is 5.91 Å². The van der Waals surface area contributed by atoms with Crippen molar-refractivity contribution in [2.24, 2.45) is 5.92 Å². The second-order valence-corrected chi connectivity index (χ2v) is 6.37. The van der Waals surface area contributed by atoms with E-state index in [0.29, 0.717) is 18.0 Å². The van der Waals surface area contributed by atoms with E-state index >= 15 is 0 Å². The highest BCUT2D eigenvalue weighted by Crippen LogP contribution is 2.22. The number of aromatic nitrogens is 1. The van der Waals surface area contributed by atoms with E-state index in [-0.39, 0.29) is 25.4 Å². The molecule has 0 aromatic carbocycles. The van der Waals surface area contributed by atoms with Crippen LogP contribution >= 0.6 is 0 Å². The van der Waals surface area contributed by atoms with Crippen LogP contribution in [-0.2, 0) is 32.2 Å². The van der Waals surface area contributed by atoms with Gasteiger partial charge in [0.1, 0.15) is 5.76 Å². The topological polar surface area (TPSA) is 102 Å². The summed E-state index contributed by atoms with van der Waals surface area (Å²) in [6.07, 6.45) is 2.29. The number of furan rings is 1. The number of amides is 2. The number of hydrogen-bond donors (Lipinski definition) is 1. The van der Waals surface area contributed by atoms with Gasteiger partial charge in [-0.05, 0) is 31.2 Å². The molecule has 0 aliphatic carbocycles. The monoisotopic (exact) mass is 371 g/mol. The average Bonchev–Trinajstić information content (AvgIpc) is 3.31. The molecule has 2 amide bonds. The van der Waals surface area contributed by atoms with E-state index in [1.807, 2.05) is 6.07 Å². The van der Waals surface area contributed by atoms with Crippen LogP contribution in [0.15, 0.2) is 47.2 Å². The quantitative estimate of drug-likeness (QED) is 0.736. The molecule has 1 fully saturated rings. The molecule has 1 aliphatic rings. The highest BCUT2D eigenvalue weighted by molar-refractivity contribution is 5.88. The van der Waals surface area contributed by atoms with Crippen molar-refractivity contribution in [2.75, 3.05) is 6.54 Å². The van der Waals surface area contributed by atoms with Crippen molar-refractivity contribution in [3.63, 3.8) is 0 Å². The predicted octanol–water partition coefficient (Wildman–Crippen LogP) is 1.27. The first-order valence-electron chi connectivity index (χ1n) is 8.71. The fourth-order valence-electron chi connectivity index (χ4n) is 2.82. The van der Waals surface area contributed by atoms with Gasteiger partial charge < -0.3 is 19.4 Å². The van der Waals surface area contributed by atoms with Crippen molar-refractivity contribution in [1.82, 2.24) is 15.2 Å². The maximum absolute atomic E-state index is 12.3. The molecule has 3 rings (SSSR count). The zero-order valence-electron chi connectivity index (χ0n) is 15.0. The van der Waals surface area contributed by atoms with Gasteiger partial charge in [0.2, 0.25) is 5.91 Å². The Hall–Kier alpha value is -3.16. The van der Waals surface area contributed by atoms with Gasteiger partial charge in [0.15, 0.2) is 6.10 Å². The van der Waals surface area contributed by atoms with Gasteiger partial charge >= 0.3 is 5.97 Å². The molecule has 2 aromatic heterocycles. The molecule has 2 aromatic rings. The van der Waals surface area contributed by atoms with Crippen molar-refractivity contribution in [3.8, 4) is 0 Å². The molecule has 8 nitrogen and oxygen atoms in total. The van der Waals surface area contributed by atoms with Crippen LogP contribution in [0.5, 0.6) is 0 Å². The molecule has 1 N–H and O–H groups in total. The van der Waals surface area contributed by atoms with E-state index in [0.717, 1.165) is 0 Å². The minimum absolute atomic E-state index is 0.0712. The molecule has 8 heteroatoms. The zero-order valence-corrected chi connectivity index (χ0v) is 15.0. The first kappa shape index (κ1) is 18.6. The van der Waals surface area contributed by atoms with Gasteiger partial charge in [-0.2, -0.15) is 0 Å². The Labute approximate surface area is 156 Å². The van der Waals surface area contributed by atoms with Crippen LogP contribution in [0.4, 0.5) is 0 Å². The van der Waals surface area contributed by atoms with Crippen LogP contribution in [0, 0.1) is 5.92 Å². The lowest BCUT2D eigenvalue weighted by Crippen LogP contribution is -2.37. The second kappa shape index (κ2) is 8.48. The van der Waals surface area contributed by atoms with E-state index in [1.165, 1.54) is 13.2 Å². The van der Waals surface area contributed by atoms with Crippen molar-refractivity contribution >= 4 is 17.8 Å². The smallest absolute Gasteiger partial charge is 0.312 e. The predicted molar refractivity (Wildman–Crippen MR) is 93.9 cm³/mol. The summed E-state index contributed by atoms with van der Waals surface area (Å²) >= 11 is 0. The average molecular weight is 371 g/mol. The third kappa shape index (κ3) is 4.93. The second-order valence-electron chi connectivity index (χ2n) is 6.37. The Kier molecular flexibility index (Phi) is 5.85. The van der Waals surface area contributed by atoms with E-state index in [9.17, 15) is 14.4 Å². The summed E-state index contributed by atoms with van der Waals surface area (Å²) in [5, 5.41) is 2.67. The van der Waals surface area contributed by atoms with E-state index < -0.39 is 23.9 Å². The third-order valence-electron chi connectivity index (χ3n) is 4.31. The minimum atomic E-state index is -0.949. The Morgan fingerprint density at radius 3 is 2.93 bits per heavy atom. The molecule has 1 saturated heterocycles. The van der Waals surface area contributed by atoms with Crippen molar-refractivity contribution in [2.45, 2.75) is 32.5 Å². The highest BCUT2D eigenvalue weighted by Gasteiger charge is 2.36. The molecule has 142 valence electrons. The van der Waals surface area contributed by atoms with E-state index in [2.05, 4.69) is 10.3 Å². The molecule has 0 spiro atoms. The number of pyridine rings is 1. The van der Waals surface area contributed by atoms with Gasteiger partial charge in [-0.1, -0.05) is 6.07 Å². The lowest BCUT2D eigenvalue weighted by Gasteiger charge is -2.17. The number of carbonyl (C=O) groups is 3. The number of likely N-dealkylation sites (tertiary alicyclic amines) is 1. The molecule has 0 unspecified atom stereocenters. The zero-order chi connectivity index (χ0) is 19.2. The summed E-state index contributed by atoms with van der Waals surface area (Å²) in [7, 11) is 0. The van der Waals surface area contributed by atoms with Gasteiger partial charge in [0, 0.05) is 19.2 Å². The molecule has 3 heterocycles. The minimum Gasteiger partial charge on any atom is -0.467 e. The van der Waals surface area contributed by atoms with Gasteiger partial charge in [-0.3, -0.25) is 19.4 Å². The van der Waals surface area contributed by atoms with Crippen LogP contribution in [0.2, 0.25) is 0 Å². The number of hydrogen-bond acceptors (Lipinski definition) is 6. The van der Waals surface area contributed by atoms with Crippen LogP contribution in [-0.4, -0.2) is 40.3 Å². The highest BCUT2D eigenvalue weighted by atomic mass is 16.5. The summed E-state index contributed by atoms with van der Waals surface area (Å²) in [5.41, 5.74) is 0.708. The number of esters is 1. The summed E-state index contributed by atoms with van der Waals surface area (Å²) in [6, 6.07) is 8.91. The fraction of sp³-hybridized carbons (Fsp3) is 0.368. The standard InChI is InChI=1S/C19H21N3O5/c1-13(18(24)21-10-15-5-2-3-7-20-15)27-19(25)14-9-17(23)22(11-14)12-16-6-4-8-26-16/h2-8,13-14H,9-12H2,1H3,(H,21,24)/t13-,14-/m0/s1. The first-order chi connectivity index (χ1) is 13.0. The largest absolute Gasteiger partial charge is 0.467 e. The Balaban J connectivity index is 1.46. The SMILES string of the molecule is C[C@H](OC(=O)[C@H]1CC(=O)N(Cc2ccco2)C1)C(=O)NCc1ccccn1. The summed E-state index contributed by atoms with van der Waals surface area (Å²) < 4.78 is 10.5. The Morgan fingerprint density at radius 1 is 1.37 bits per heavy atom. The van der Waals surface area contributed by atoms with Crippen LogP contribution in [0.25, 0.3) is 0 Å². The van der Waals surface area contributed by atoms with Crippen molar-refractivity contribution in [1.29, 1.82) is 0 Å². The number of ether oxygens (including phenoxy) is 1. The van der Waals surface area contributed by atoms with Gasteiger partial charge in [-0.25, -0.2) is 0 Å². The molecule has 0 radical (unpaired) electrons. The maximum atomic E-state index is 12.3. The summed E-state index contributed by atoms with van der Waals surface area (Å²) in [4.78, 5) is 42.2. The van der Waals surface area contributed by atoms with Gasteiger partial charge in [-0.15, -0.1) is 0 Å². The molecule has 2 atom stereocenters. The molecule has 0 bridgehead atoms. The Bertz CT molecular complexity index is 791. The summed E-state index contributed by atoms with van der Waals surface area (Å²) in [6.45, 7) is 2.32. The third-order valence-corrected chi connectivity index (χ3v) is 4.31. The molecular formula is C19H21N3O5. The number of carbonyl (C=O) groups excluding carboxylic acids is 3. The summed E-state index contributed by atoms with van der Waals surface area (Å²) in [5.74, 6) is -1.03. The normalized spacial score (nSPS) is 17.6. The van der Waals surface area contributed by atoms with Crippen LogP contribution in [0.1, 0.15) is 24.8 Å². The number of rotatable bonds is 7. The fourth-order valence-corrected chi connectivity index (χ4v) is 2.82. The lowest BCUT2D eigenvalue weighted by molar-refractivity contribution is -0.158. The van der Waals surface area contributed by atoms with Crippen LogP contribution < -0.4 is 5.32 Å².